The molecule has 1 aliphatic heterocycles. The summed E-state index contributed by atoms with van der Waals surface area (Å²) in [4.78, 5) is 0.293. The molecule has 5 nitrogen and oxygen atoms in total. The molecule has 0 aromatic heterocycles. The Kier molecular flexibility index (Phi) is 4.63. The van der Waals surface area contributed by atoms with Crippen LogP contribution in [0.4, 0.5) is 0 Å². The highest BCUT2D eigenvalue weighted by Gasteiger charge is 2.31. The second-order valence-corrected chi connectivity index (χ2v) is 8.59. The van der Waals surface area contributed by atoms with Gasteiger partial charge in [-0.25, -0.2) is 8.42 Å². The Morgan fingerprint density at radius 2 is 1.85 bits per heavy atom. The molecular weight excluding hydrogens is 362 g/mol. The van der Waals surface area contributed by atoms with Gasteiger partial charge in [0, 0.05) is 18.5 Å². The second kappa shape index (κ2) is 6.96. The zero-order chi connectivity index (χ0) is 19.0. The lowest BCUT2D eigenvalue weighted by Crippen LogP contribution is -2.31. The van der Waals surface area contributed by atoms with Gasteiger partial charge in [-0.15, -0.1) is 0 Å². The van der Waals surface area contributed by atoms with Gasteiger partial charge in [0.25, 0.3) is 0 Å². The van der Waals surface area contributed by atoms with Crippen LogP contribution in [-0.4, -0.2) is 31.5 Å². The van der Waals surface area contributed by atoms with E-state index in [4.69, 9.17) is 4.74 Å². The normalized spacial score (nSPS) is 18.1. The maximum atomic E-state index is 13.4. The van der Waals surface area contributed by atoms with Crippen LogP contribution in [0.2, 0.25) is 0 Å². The number of nitrogens with zero attached hydrogens (tertiary/aromatic N) is 1. The summed E-state index contributed by atoms with van der Waals surface area (Å²) < 4.78 is 33.6. The second-order valence-electron chi connectivity index (χ2n) is 6.69. The summed E-state index contributed by atoms with van der Waals surface area (Å²) in [6.07, 6.45) is -0.345. The number of benzene rings is 3. The number of hydrogen-bond donors (Lipinski definition) is 1. The molecule has 6 heteroatoms. The van der Waals surface area contributed by atoms with E-state index in [-0.39, 0.29) is 13.1 Å². The number of aliphatic hydroxyl groups excluding tert-OH is 1. The van der Waals surface area contributed by atoms with E-state index in [0.29, 0.717) is 22.5 Å². The van der Waals surface area contributed by atoms with Crippen LogP contribution in [0.25, 0.3) is 10.8 Å². The number of hydrogen-bond acceptors (Lipinski definition) is 4. The molecule has 0 amide bonds. The summed E-state index contributed by atoms with van der Waals surface area (Å²) in [7, 11) is -2.15. The first-order valence-corrected chi connectivity index (χ1v) is 10.3. The van der Waals surface area contributed by atoms with Crippen molar-refractivity contribution in [1.82, 2.24) is 4.31 Å². The molecule has 1 atom stereocenters. The Balaban J connectivity index is 1.79. The van der Waals surface area contributed by atoms with E-state index >= 15 is 0 Å². The fourth-order valence-corrected chi connectivity index (χ4v) is 5.27. The van der Waals surface area contributed by atoms with Crippen molar-refractivity contribution >= 4 is 20.8 Å². The molecule has 1 heterocycles. The van der Waals surface area contributed by atoms with Crippen molar-refractivity contribution in [2.24, 2.45) is 0 Å². The predicted octanol–water partition coefficient (Wildman–Crippen LogP) is 3.48. The molecule has 0 spiro atoms. The zero-order valence-corrected chi connectivity index (χ0v) is 15.8. The van der Waals surface area contributed by atoms with Crippen molar-refractivity contribution < 1.29 is 18.3 Å². The maximum absolute atomic E-state index is 13.4. The van der Waals surface area contributed by atoms with Crippen molar-refractivity contribution in [3.63, 3.8) is 0 Å². The monoisotopic (exact) mass is 383 g/mol. The first-order chi connectivity index (χ1) is 13.0. The van der Waals surface area contributed by atoms with Crippen molar-refractivity contribution in [1.29, 1.82) is 0 Å². The molecule has 140 valence electrons. The Morgan fingerprint density at radius 1 is 1.07 bits per heavy atom. The first kappa shape index (κ1) is 18.0. The van der Waals surface area contributed by atoms with Gasteiger partial charge in [0.15, 0.2) is 0 Å². The van der Waals surface area contributed by atoms with Crippen LogP contribution in [0, 0.1) is 0 Å². The van der Waals surface area contributed by atoms with Gasteiger partial charge in [0.05, 0.1) is 18.1 Å². The highest BCUT2D eigenvalue weighted by Crippen LogP contribution is 2.33. The largest absolute Gasteiger partial charge is 0.497 e. The quantitative estimate of drug-likeness (QED) is 0.752. The first-order valence-electron chi connectivity index (χ1n) is 8.83. The molecule has 1 aliphatic rings. The average Bonchev–Trinajstić information content (AvgIpc) is 2.86. The molecule has 0 aliphatic carbocycles. The third-order valence-electron chi connectivity index (χ3n) is 5.08. The third kappa shape index (κ3) is 3.20. The molecule has 3 aromatic carbocycles. The topological polar surface area (TPSA) is 66.8 Å². The summed E-state index contributed by atoms with van der Waals surface area (Å²) in [5, 5.41) is 12.1. The average molecular weight is 383 g/mol. The molecular formula is C21H21NO4S. The SMILES string of the molecule is COc1ccc2c(c1)CN(S(=O)(=O)c1cccc3ccccc13)CCC2O. The van der Waals surface area contributed by atoms with Crippen LogP contribution in [-0.2, 0) is 16.6 Å². The van der Waals surface area contributed by atoms with Gasteiger partial charge in [-0.05, 0) is 41.1 Å². The lowest BCUT2D eigenvalue weighted by molar-refractivity contribution is 0.164. The molecule has 0 saturated carbocycles. The Labute approximate surface area is 158 Å². The molecule has 0 saturated heterocycles. The van der Waals surface area contributed by atoms with Gasteiger partial charge in [0.2, 0.25) is 10.0 Å². The van der Waals surface area contributed by atoms with Crippen LogP contribution >= 0.6 is 0 Å². The van der Waals surface area contributed by atoms with Crippen molar-refractivity contribution in [3.8, 4) is 5.75 Å². The van der Waals surface area contributed by atoms with Gasteiger partial charge in [-0.2, -0.15) is 4.31 Å². The molecule has 27 heavy (non-hydrogen) atoms. The highest BCUT2D eigenvalue weighted by atomic mass is 32.2. The van der Waals surface area contributed by atoms with Crippen LogP contribution in [0.1, 0.15) is 23.7 Å². The maximum Gasteiger partial charge on any atom is 0.243 e. The number of rotatable bonds is 3. The smallest absolute Gasteiger partial charge is 0.243 e. The Morgan fingerprint density at radius 3 is 2.67 bits per heavy atom. The molecule has 3 aromatic rings. The number of sulfonamides is 1. The fraction of sp³-hybridized carbons (Fsp3) is 0.238. The van der Waals surface area contributed by atoms with Crippen LogP contribution < -0.4 is 4.74 Å². The van der Waals surface area contributed by atoms with Crippen molar-refractivity contribution in [2.45, 2.75) is 24.0 Å². The third-order valence-corrected chi connectivity index (χ3v) is 6.98. The fourth-order valence-electron chi connectivity index (χ4n) is 3.63. The van der Waals surface area contributed by atoms with Crippen molar-refractivity contribution in [3.05, 3.63) is 71.8 Å². The molecule has 1 unspecified atom stereocenters. The van der Waals surface area contributed by atoms with E-state index in [1.807, 2.05) is 36.4 Å². The number of aliphatic hydroxyl groups is 1. The van der Waals surface area contributed by atoms with Crippen LogP contribution in [0.3, 0.4) is 0 Å². The van der Waals surface area contributed by atoms with E-state index in [1.54, 1.807) is 31.4 Å². The lowest BCUT2D eigenvalue weighted by Gasteiger charge is -2.21. The van der Waals surface area contributed by atoms with E-state index in [9.17, 15) is 13.5 Å². The lowest BCUT2D eigenvalue weighted by atomic mass is 10.0. The molecule has 0 bridgehead atoms. The van der Waals surface area contributed by atoms with Gasteiger partial charge in [-0.3, -0.25) is 0 Å². The minimum Gasteiger partial charge on any atom is -0.497 e. The molecule has 0 radical (unpaired) electrons. The summed E-state index contributed by atoms with van der Waals surface area (Å²) >= 11 is 0. The van der Waals surface area contributed by atoms with E-state index in [0.717, 1.165) is 16.5 Å². The highest BCUT2D eigenvalue weighted by molar-refractivity contribution is 7.89. The molecule has 1 N–H and O–H groups in total. The van der Waals surface area contributed by atoms with Gasteiger partial charge in [0.1, 0.15) is 5.75 Å². The Bertz CT molecular complexity index is 1090. The van der Waals surface area contributed by atoms with Crippen LogP contribution in [0.15, 0.2) is 65.6 Å². The number of ether oxygens (including phenoxy) is 1. The Hall–Kier alpha value is -2.41. The zero-order valence-electron chi connectivity index (χ0n) is 15.0. The number of methoxy groups -OCH3 is 1. The summed E-state index contributed by atoms with van der Waals surface area (Å²) in [6, 6.07) is 18.2. The number of fused-ring (bicyclic) bond motifs is 2. The van der Waals surface area contributed by atoms with Crippen LogP contribution in [0.5, 0.6) is 5.75 Å². The van der Waals surface area contributed by atoms with E-state index < -0.39 is 16.1 Å². The molecule has 4 rings (SSSR count). The summed E-state index contributed by atoms with van der Waals surface area (Å²) in [5.74, 6) is 0.644. The standard InChI is InChI=1S/C21H21NO4S/c1-26-17-9-10-18-16(13-17)14-22(12-11-20(18)23)27(24,25)21-8-4-6-15-5-2-3-7-19(15)21/h2-10,13,20,23H,11-12,14H2,1H3. The summed E-state index contributed by atoms with van der Waals surface area (Å²) in [6.45, 7) is 0.457. The summed E-state index contributed by atoms with van der Waals surface area (Å²) in [5.41, 5.74) is 1.52. The van der Waals surface area contributed by atoms with Crippen molar-refractivity contribution in [2.75, 3.05) is 13.7 Å². The van der Waals surface area contributed by atoms with Gasteiger partial charge >= 0.3 is 0 Å². The predicted molar refractivity (Wildman–Crippen MR) is 104 cm³/mol. The molecule has 0 fully saturated rings. The minimum absolute atomic E-state index is 0.204. The minimum atomic E-state index is -3.72. The van der Waals surface area contributed by atoms with Gasteiger partial charge in [-0.1, -0.05) is 42.5 Å². The van der Waals surface area contributed by atoms with E-state index in [1.165, 1.54) is 4.31 Å². The van der Waals surface area contributed by atoms with Gasteiger partial charge < -0.3 is 9.84 Å². The van der Waals surface area contributed by atoms with E-state index in [2.05, 4.69) is 0 Å².